The molecule has 0 radical (unpaired) electrons. The number of ether oxygens (including phenoxy) is 1. The molecule has 128 valence electrons. The third-order valence-electron chi connectivity index (χ3n) is 4.42. The monoisotopic (exact) mass is 332 g/mol. The first-order chi connectivity index (χ1) is 11.6. The Kier molecular flexibility index (Phi) is 4.80. The first-order valence-corrected chi connectivity index (χ1v) is 8.10. The second kappa shape index (κ2) is 7.00. The molecule has 2 amide bonds. The van der Waals surface area contributed by atoms with Crippen LogP contribution in [0.15, 0.2) is 24.3 Å². The van der Waals surface area contributed by atoms with Crippen LogP contribution in [0.25, 0.3) is 0 Å². The number of carbonyl (C=O) groups is 3. The van der Waals surface area contributed by atoms with Gasteiger partial charge in [-0.1, -0.05) is 0 Å². The number of morpholine rings is 1. The molecule has 0 unspecified atom stereocenters. The number of aliphatic carboxylic acids is 1. The molecule has 24 heavy (non-hydrogen) atoms. The Labute approximate surface area is 139 Å². The molecular formula is C17H20N2O5. The Morgan fingerprint density at radius 1 is 1.12 bits per heavy atom. The quantitative estimate of drug-likeness (QED) is 0.896. The summed E-state index contributed by atoms with van der Waals surface area (Å²) < 4.78 is 5.15. The van der Waals surface area contributed by atoms with Gasteiger partial charge >= 0.3 is 5.97 Å². The first kappa shape index (κ1) is 16.4. The highest BCUT2D eigenvalue weighted by atomic mass is 16.5. The van der Waals surface area contributed by atoms with Crippen LogP contribution < -0.4 is 4.90 Å². The minimum absolute atomic E-state index is 0.00143. The maximum Gasteiger partial charge on any atom is 0.328 e. The van der Waals surface area contributed by atoms with E-state index in [1.807, 2.05) is 0 Å². The highest BCUT2D eigenvalue weighted by Gasteiger charge is 2.33. The van der Waals surface area contributed by atoms with Crippen molar-refractivity contribution in [3.63, 3.8) is 0 Å². The molecule has 2 saturated heterocycles. The van der Waals surface area contributed by atoms with Crippen LogP contribution in [0.5, 0.6) is 0 Å². The Morgan fingerprint density at radius 3 is 2.54 bits per heavy atom. The number of anilines is 1. The highest BCUT2D eigenvalue weighted by Crippen LogP contribution is 2.22. The van der Waals surface area contributed by atoms with Gasteiger partial charge in [-0.3, -0.25) is 9.59 Å². The summed E-state index contributed by atoms with van der Waals surface area (Å²) >= 11 is 0. The van der Waals surface area contributed by atoms with E-state index in [1.54, 1.807) is 29.2 Å². The molecule has 0 aliphatic carbocycles. The van der Waals surface area contributed by atoms with E-state index in [9.17, 15) is 19.5 Å². The molecule has 7 heteroatoms. The van der Waals surface area contributed by atoms with Crippen molar-refractivity contribution in [3.8, 4) is 0 Å². The minimum atomic E-state index is -1.07. The van der Waals surface area contributed by atoms with Crippen molar-refractivity contribution in [3.05, 3.63) is 29.8 Å². The molecule has 2 heterocycles. The van der Waals surface area contributed by atoms with Gasteiger partial charge in [-0.2, -0.15) is 0 Å². The van der Waals surface area contributed by atoms with E-state index >= 15 is 0 Å². The van der Waals surface area contributed by atoms with Gasteiger partial charge in [0.15, 0.2) is 6.04 Å². The van der Waals surface area contributed by atoms with Crippen molar-refractivity contribution in [2.45, 2.75) is 25.3 Å². The van der Waals surface area contributed by atoms with Crippen LogP contribution in [-0.2, 0) is 14.3 Å². The zero-order chi connectivity index (χ0) is 17.1. The summed E-state index contributed by atoms with van der Waals surface area (Å²) in [6.07, 6.45) is 2.44. The lowest BCUT2D eigenvalue weighted by atomic mass is 10.1. The third-order valence-corrected chi connectivity index (χ3v) is 4.42. The average molecular weight is 332 g/mol. The number of benzene rings is 1. The molecule has 2 aliphatic heterocycles. The van der Waals surface area contributed by atoms with E-state index in [0.29, 0.717) is 25.1 Å². The highest BCUT2D eigenvalue weighted by molar-refractivity contribution is 5.98. The van der Waals surface area contributed by atoms with E-state index in [2.05, 4.69) is 0 Å². The predicted molar refractivity (Wildman–Crippen MR) is 85.9 cm³/mol. The van der Waals surface area contributed by atoms with E-state index < -0.39 is 12.0 Å². The second-order valence-corrected chi connectivity index (χ2v) is 5.98. The van der Waals surface area contributed by atoms with Gasteiger partial charge in [-0.05, 0) is 37.1 Å². The fourth-order valence-corrected chi connectivity index (χ4v) is 3.08. The van der Waals surface area contributed by atoms with E-state index in [0.717, 1.165) is 18.5 Å². The Hall–Kier alpha value is -2.41. The normalized spacial score (nSPS) is 21.7. The van der Waals surface area contributed by atoms with Crippen LogP contribution in [0.2, 0.25) is 0 Å². The van der Waals surface area contributed by atoms with Crippen LogP contribution in [0.3, 0.4) is 0 Å². The Morgan fingerprint density at radius 2 is 1.88 bits per heavy atom. The molecule has 1 atom stereocenters. The van der Waals surface area contributed by atoms with E-state index in [1.165, 1.54) is 4.90 Å². The molecular weight excluding hydrogens is 312 g/mol. The third kappa shape index (κ3) is 3.26. The smallest absolute Gasteiger partial charge is 0.328 e. The molecule has 3 rings (SSSR count). The van der Waals surface area contributed by atoms with Gasteiger partial charge in [0.25, 0.3) is 5.91 Å². The predicted octanol–water partition coefficient (Wildman–Crippen LogP) is 1.13. The van der Waals surface area contributed by atoms with Crippen molar-refractivity contribution in [2.75, 3.05) is 31.2 Å². The number of carboxylic acids is 1. The number of hydrogen-bond donors (Lipinski definition) is 1. The summed E-state index contributed by atoms with van der Waals surface area (Å²) in [7, 11) is 0. The van der Waals surface area contributed by atoms with Crippen LogP contribution in [-0.4, -0.2) is 60.1 Å². The molecule has 0 spiro atoms. The molecule has 2 fully saturated rings. The van der Waals surface area contributed by atoms with Crippen molar-refractivity contribution in [1.82, 2.24) is 4.90 Å². The molecule has 0 bridgehead atoms. The Balaban J connectivity index is 1.76. The lowest BCUT2D eigenvalue weighted by molar-refractivity contribution is -0.147. The zero-order valence-corrected chi connectivity index (χ0v) is 13.3. The standard InChI is InChI=1S/C17H20N2O5/c20-15-3-1-2-8-18(15)13-6-4-12(5-7-13)16(21)19-9-10-24-11-14(19)17(22)23/h4-7,14H,1-3,8-11H2,(H,22,23)/t14-/m1/s1. The van der Waals surface area contributed by atoms with Gasteiger partial charge in [0.05, 0.1) is 13.2 Å². The number of carbonyl (C=O) groups excluding carboxylic acids is 2. The topological polar surface area (TPSA) is 87.2 Å². The summed E-state index contributed by atoms with van der Waals surface area (Å²) in [6, 6.07) is 5.82. The average Bonchev–Trinajstić information content (AvgIpc) is 2.62. The van der Waals surface area contributed by atoms with Gasteiger partial charge in [0, 0.05) is 30.8 Å². The lowest BCUT2D eigenvalue weighted by Gasteiger charge is -2.33. The summed E-state index contributed by atoms with van der Waals surface area (Å²) in [6.45, 7) is 1.27. The Bertz CT molecular complexity index is 643. The first-order valence-electron chi connectivity index (χ1n) is 8.10. The van der Waals surface area contributed by atoms with Crippen LogP contribution in [0.1, 0.15) is 29.6 Å². The van der Waals surface area contributed by atoms with Crippen molar-refractivity contribution in [2.24, 2.45) is 0 Å². The van der Waals surface area contributed by atoms with Crippen LogP contribution in [0.4, 0.5) is 5.69 Å². The molecule has 7 nitrogen and oxygen atoms in total. The second-order valence-electron chi connectivity index (χ2n) is 5.98. The van der Waals surface area contributed by atoms with Crippen molar-refractivity contribution in [1.29, 1.82) is 0 Å². The largest absolute Gasteiger partial charge is 0.480 e. The number of amides is 2. The summed E-state index contributed by atoms with van der Waals surface area (Å²) in [5, 5.41) is 9.23. The minimum Gasteiger partial charge on any atom is -0.480 e. The molecule has 1 aromatic carbocycles. The fourth-order valence-electron chi connectivity index (χ4n) is 3.08. The fraction of sp³-hybridized carbons (Fsp3) is 0.471. The number of nitrogens with zero attached hydrogens (tertiary/aromatic N) is 2. The summed E-state index contributed by atoms with van der Waals surface area (Å²) in [5.74, 6) is -1.31. The van der Waals surface area contributed by atoms with E-state index in [4.69, 9.17) is 4.74 Å². The SMILES string of the molecule is O=C(O)[C@H]1COCCN1C(=O)c1ccc(N2CCCCC2=O)cc1. The number of rotatable bonds is 3. The summed E-state index contributed by atoms with van der Waals surface area (Å²) in [4.78, 5) is 38.9. The van der Waals surface area contributed by atoms with Crippen LogP contribution in [0, 0.1) is 0 Å². The zero-order valence-electron chi connectivity index (χ0n) is 13.3. The van der Waals surface area contributed by atoms with Crippen LogP contribution >= 0.6 is 0 Å². The number of piperidine rings is 1. The van der Waals surface area contributed by atoms with Crippen molar-refractivity contribution < 1.29 is 24.2 Å². The molecule has 0 aromatic heterocycles. The molecule has 1 N–H and O–H groups in total. The molecule has 2 aliphatic rings. The van der Waals surface area contributed by atoms with Gasteiger partial charge in [0.2, 0.25) is 5.91 Å². The van der Waals surface area contributed by atoms with Gasteiger partial charge in [-0.15, -0.1) is 0 Å². The molecule has 0 saturated carbocycles. The van der Waals surface area contributed by atoms with Gasteiger partial charge < -0.3 is 19.6 Å². The van der Waals surface area contributed by atoms with E-state index in [-0.39, 0.29) is 25.0 Å². The maximum absolute atomic E-state index is 12.6. The number of carboxylic acid groups (broad SMARTS) is 1. The number of hydrogen-bond acceptors (Lipinski definition) is 4. The van der Waals surface area contributed by atoms with Gasteiger partial charge in [0.1, 0.15) is 0 Å². The van der Waals surface area contributed by atoms with Crippen molar-refractivity contribution >= 4 is 23.5 Å². The summed E-state index contributed by atoms with van der Waals surface area (Å²) in [5.41, 5.74) is 1.18. The molecule has 1 aromatic rings. The maximum atomic E-state index is 12.6. The lowest BCUT2D eigenvalue weighted by Crippen LogP contribution is -2.52. The van der Waals surface area contributed by atoms with Gasteiger partial charge in [-0.25, -0.2) is 4.79 Å².